The van der Waals surface area contributed by atoms with Gasteiger partial charge in [-0.2, -0.15) is 0 Å². The molecular weight excluding hydrogens is 246 g/mol. The van der Waals surface area contributed by atoms with Crippen LogP contribution in [0.3, 0.4) is 0 Å². The molecule has 0 bridgehead atoms. The molecule has 7 heteroatoms. The Bertz CT molecular complexity index is 436. The molecule has 0 unspecified atom stereocenters. The summed E-state index contributed by atoms with van der Waals surface area (Å²) >= 11 is 0. The van der Waals surface area contributed by atoms with E-state index in [1.165, 1.54) is 23.1 Å². The van der Waals surface area contributed by atoms with Gasteiger partial charge in [0.2, 0.25) is 5.88 Å². The molecule has 1 saturated heterocycles. The molecule has 2 heterocycles. The number of nitrogens with zero attached hydrogens (tertiary/aromatic N) is 2. The smallest absolute Gasteiger partial charge is 0.272 e. The van der Waals surface area contributed by atoms with Crippen molar-refractivity contribution in [2.45, 2.75) is 12.5 Å². The fourth-order valence-electron chi connectivity index (χ4n) is 1.55. The predicted octanol–water partition coefficient (Wildman–Crippen LogP) is 0.542. The third-order valence-corrected chi connectivity index (χ3v) is 2.45. The number of β-amino-alcohol motifs (C(OH)–C–C–N with tert-alkyl or cyclic N) is 1. The Labute approximate surface area is 102 Å². The lowest BCUT2D eigenvalue weighted by Gasteiger charge is -2.35. The second kappa shape index (κ2) is 5.26. The molecule has 5 nitrogen and oxygen atoms in total. The van der Waals surface area contributed by atoms with Gasteiger partial charge in [0.1, 0.15) is 5.69 Å². The molecular formula is C11H12F2N2O3. The summed E-state index contributed by atoms with van der Waals surface area (Å²) in [5, 5.41) is 9.09. The standard InChI is InChI=1S/C11H12F2N2O3/c12-9(13)6-18-10-3-1-2-8(14-10)11(17)15-4-7(16)5-15/h1-3,7,9,16H,4-6H2. The van der Waals surface area contributed by atoms with E-state index < -0.39 is 19.1 Å². The van der Waals surface area contributed by atoms with Gasteiger partial charge in [0, 0.05) is 19.2 Å². The fraction of sp³-hybridized carbons (Fsp3) is 0.455. The molecule has 0 spiro atoms. The normalized spacial score (nSPS) is 15.7. The monoisotopic (exact) mass is 258 g/mol. The molecule has 0 saturated carbocycles. The Morgan fingerprint density at radius 2 is 2.28 bits per heavy atom. The van der Waals surface area contributed by atoms with Crippen LogP contribution in [-0.2, 0) is 0 Å². The maximum atomic E-state index is 12.0. The molecule has 1 N–H and O–H groups in total. The van der Waals surface area contributed by atoms with Gasteiger partial charge < -0.3 is 14.7 Å². The van der Waals surface area contributed by atoms with Crippen LogP contribution in [0.15, 0.2) is 18.2 Å². The number of aromatic nitrogens is 1. The number of aliphatic hydroxyl groups excluding tert-OH is 1. The van der Waals surface area contributed by atoms with Gasteiger partial charge in [0.15, 0.2) is 6.61 Å². The highest BCUT2D eigenvalue weighted by Crippen LogP contribution is 2.14. The van der Waals surface area contributed by atoms with Crippen molar-refractivity contribution in [3.63, 3.8) is 0 Å². The van der Waals surface area contributed by atoms with Gasteiger partial charge in [-0.25, -0.2) is 13.8 Å². The lowest BCUT2D eigenvalue weighted by atomic mass is 10.1. The predicted molar refractivity (Wildman–Crippen MR) is 57.6 cm³/mol. The number of hydrogen-bond acceptors (Lipinski definition) is 4. The lowest BCUT2D eigenvalue weighted by molar-refractivity contribution is 0.00541. The molecule has 1 aromatic rings. The quantitative estimate of drug-likeness (QED) is 0.856. The number of halogens is 2. The number of carbonyl (C=O) groups excluding carboxylic acids is 1. The number of alkyl halides is 2. The summed E-state index contributed by atoms with van der Waals surface area (Å²) < 4.78 is 28.6. The van der Waals surface area contributed by atoms with Crippen LogP contribution in [0.4, 0.5) is 8.78 Å². The second-order valence-electron chi connectivity index (χ2n) is 3.93. The average Bonchev–Trinajstić information content (AvgIpc) is 2.32. The Kier molecular flexibility index (Phi) is 3.71. The van der Waals surface area contributed by atoms with Gasteiger partial charge in [-0.1, -0.05) is 6.07 Å². The van der Waals surface area contributed by atoms with E-state index in [9.17, 15) is 13.6 Å². The van der Waals surface area contributed by atoms with Crippen molar-refractivity contribution in [1.82, 2.24) is 9.88 Å². The van der Waals surface area contributed by atoms with Gasteiger partial charge >= 0.3 is 0 Å². The Morgan fingerprint density at radius 1 is 1.56 bits per heavy atom. The van der Waals surface area contributed by atoms with Gasteiger partial charge in [0.05, 0.1) is 6.10 Å². The topological polar surface area (TPSA) is 62.7 Å². The molecule has 98 valence electrons. The summed E-state index contributed by atoms with van der Waals surface area (Å²) in [4.78, 5) is 17.1. The van der Waals surface area contributed by atoms with Crippen molar-refractivity contribution in [3.05, 3.63) is 23.9 Å². The molecule has 0 radical (unpaired) electrons. The van der Waals surface area contributed by atoms with E-state index in [0.717, 1.165) is 0 Å². The van der Waals surface area contributed by atoms with Crippen LogP contribution < -0.4 is 4.74 Å². The zero-order chi connectivity index (χ0) is 13.1. The summed E-state index contributed by atoms with van der Waals surface area (Å²) in [6.07, 6.45) is -3.08. The molecule has 0 aromatic carbocycles. The van der Waals surface area contributed by atoms with Crippen LogP contribution in [0.1, 0.15) is 10.5 Å². The lowest BCUT2D eigenvalue weighted by Crippen LogP contribution is -2.53. The van der Waals surface area contributed by atoms with Crippen molar-refractivity contribution >= 4 is 5.91 Å². The Morgan fingerprint density at radius 3 is 2.89 bits per heavy atom. The van der Waals surface area contributed by atoms with Gasteiger partial charge in [-0.05, 0) is 6.07 Å². The molecule has 1 fully saturated rings. The highest BCUT2D eigenvalue weighted by atomic mass is 19.3. The number of carbonyl (C=O) groups is 1. The first-order valence-corrected chi connectivity index (χ1v) is 5.41. The van der Waals surface area contributed by atoms with E-state index >= 15 is 0 Å². The molecule has 0 aliphatic carbocycles. The molecule has 1 aromatic heterocycles. The van der Waals surface area contributed by atoms with Crippen LogP contribution in [0.25, 0.3) is 0 Å². The minimum absolute atomic E-state index is 0.0118. The number of likely N-dealkylation sites (tertiary alicyclic amines) is 1. The molecule has 2 rings (SSSR count). The van der Waals surface area contributed by atoms with E-state index in [4.69, 9.17) is 9.84 Å². The minimum Gasteiger partial charge on any atom is -0.472 e. The SMILES string of the molecule is O=C(c1cccc(OCC(F)F)n1)N1CC(O)C1. The van der Waals surface area contributed by atoms with Crippen molar-refractivity contribution in [1.29, 1.82) is 0 Å². The summed E-state index contributed by atoms with van der Waals surface area (Å²) in [6.45, 7) is -0.224. The third-order valence-electron chi connectivity index (χ3n) is 2.45. The van der Waals surface area contributed by atoms with Crippen molar-refractivity contribution in [2.75, 3.05) is 19.7 Å². The van der Waals surface area contributed by atoms with Gasteiger partial charge in [-0.15, -0.1) is 0 Å². The first-order chi connectivity index (χ1) is 8.56. The largest absolute Gasteiger partial charge is 0.472 e. The van der Waals surface area contributed by atoms with E-state index in [-0.39, 0.29) is 30.6 Å². The maximum Gasteiger partial charge on any atom is 0.272 e. The number of rotatable bonds is 4. The van der Waals surface area contributed by atoms with E-state index in [1.54, 1.807) is 0 Å². The van der Waals surface area contributed by atoms with E-state index in [1.807, 2.05) is 0 Å². The van der Waals surface area contributed by atoms with Gasteiger partial charge in [0.25, 0.3) is 12.3 Å². The number of aliphatic hydroxyl groups is 1. The minimum atomic E-state index is -2.59. The van der Waals surface area contributed by atoms with Gasteiger partial charge in [-0.3, -0.25) is 4.79 Å². The number of amides is 1. The van der Waals surface area contributed by atoms with E-state index in [0.29, 0.717) is 0 Å². The molecule has 1 aliphatic heterocycles. The zero-order valence-corrected chi connectivity index (χ0v) is 9.42. The van der Waals surface area contributed by atoms with E-state index in [2.05, 4.69) is 4.98 Å². The van der Waals surface area contributed by atoms with Crippen LogP contribution in [0.5, 0.6) is 5.88 Å². The molecule has 0 atom stereocenters. The van der Waals surface area contributed by atoms with Crippen molar-refractivity contribution in [2.24, 2.45) is 0 Å². The van der Waals surface area contributed by atoms with Crippen LogP contribution >= 0.6 is 0 Å². The molecule has 1 amide bonds. The third kappa shape index (κ3) is 2.92. The van der Waals surface area contributed by atoms with Crippen molar-refractivity contribution < 1.29 is 23.4 Å². The summed E-state index contributed by atoms with van der Waals surface area (Å²) in [5.41, 5.74) is 0.119. The fourth-order valence-corrected chi connectivity index (χ4v) is 1.55. The van der Waals surface area contributed by atoms with Crippen LogP contribution in [0.2, 0.25) is 0 Å². The Hall–Kier alpha value is -1.76. The summed E-state index contributed by atoms with van der Waals surface area (Å²) in [6, 6.07) is 4.39. The highest BCUT2D eigenvalue weighted by Gasteiger charge is 2.30. The zero-order valence-electron chi connectivity index (χ0n) is 9.42. The van der Waals surface area contributed by atoms with Crippen molar-refractivity contribution in [3.8, 4) is 5.88 Å². The first kappa shape index (κ1) is 12.7. The first-order valence-electron chi connectivity index (χ1n) is 5.41. The summed E-state index contributed by atoms with van der Waals surface area (Å²) in [5.74, 6) is -0.356. The van der Waals surface area contributed by atoms with Crippen LogP contribution in [-0.4, -0.2) is 53.1 Å². The highest BCUT2D eigenvalue weighted by molar-refractivity contribution is 5.93. The number of hydrogen-bond donors (Lipinski definition) is 1. The molecule has 18 heavy (non-hydrogen) atoms. The molecule has 1 aliphatic rings. The second-order valence-corrected chi connectivity index (χ2v) is 3.93. The number of ether oxygens (including phenoxy) is 1. The summed E-state index contributed by atoms with van der Waals surface area (Å²) in [7, 11) is 0. The maximum absolute atomic E-state index is 12.0. The Balaban J connectivity index is 2.00. The number of pyridine rings is 1. The van der Waals surface area contributed by atoms with Crippen LogP contribution in [0, 0.1) is 0 Å². The average molecular weight is 258 g/mol.